The number of fused-ring (bicyclic) bond motifs is 1. The highest BCUT2D eigenvalue weighted by molar-refractivity contribution is 7.21. The summed E-state index contributed by atoms with van der Waals surface area (Å²) < 4.78 is 3.04. The summed E-state index contributed by atoms with van der Waals surface area (Å²) in [7, 11) is 0. The Kier molecular flexibility index (Phi) is 5.90. The number of imidazole rings is 1. The molecule has 1 saturated heterocycles. The highest BCUT2D eigenvalue weighted by Crippen LogP contribution is 2.31. The number of carbonyl (C=O) groups is 1. The van der Waals surface area contributed by atoms with Gasteiger partial charge in [0.25, 0.3) is 0 Å². The van der Waals surface area contributed by atoms with Crippen molar-refractivity contribution in [1.82, 2.24) is 24.5 Å². The van der Waals surface area contributed by atoms with Crippen LogP contribution in [-0.4, -0.2) is 43.5 Å². The number of aryl methyl sites for hydroxylation is 1. The van der Waals surface area contributed by atoms with Crippen molar-refractivity contribution in [1.29, 1.82) is 0 Å². The van der Waals surface area contributed by atoms with Gasteiger partial charge in [0.2, 0.25) is 5.91 Å². The number of anilines is 2. The van der Waals surface area contributed by atoms with Gasteiger partial charge in [-0.3, -0.25) is 9.36 Å². The predicted octanol–water partition coefficient (Wildman–Crippen LogP) is 5.10. The van der Waals surface area contributed by atoms with E-state index in [1.54, 1.807) is 30.2 Å². The van der Waals surface area contributed by atoms with Gasteiger partial charge < -0.3 is 10.2 Å². The Balaban J connectivity index is 1.07. The zero-order valence-corrected chi connectivity index (χ0v) is 20.7. The summed E-state index contributed by atoms with van der Waals surface area (Å²) in [5.41, 5.74) is 4.12. The number of hydrogen-bond donors (Lipinski definition) is 1. The van der Waals surface area contributed by atoms with Crippen LogP contribution in [0.2, 0.25) is 0 Å². The lowest BCUT2D eigenvalue weighted by atomic mass is 9.95. The topological polar surface area (TPSA) is 88.8 Å². The molecule has 1 aliphatic heterocycles. The summed E-state index contributed by atoms with van der Waals surface area (Å²) in [6.45, 7) is 3.64. The first kappa shape index (κ1) is 22.4. The molecule has 2 aromatic carbocycles. The number of piperidine rings is 1. The second kappa shape index (κ2) is 9.50. The SMILES string of the molecule is Cc1ccc2nc(-c3ccc(NC(=O)C4CCN(c5cc(-n6ccnc6)ncn5)CC4)cc3)sc2c1. The van der Waals surface area contributed by atoms with E-state index in [1.165, 1.54) is 10.3 Å². The molecule has 36 heavy (non-hydrogen) atoms. The molecular formula is C27H25N7OS. The smallest absolute Gasteiger partial charge is 0.227 e. The highest BCUT2D eigenvalue weighted by Gasteiger charge is 2.26. The minimum Gasteiger partial charge on any atom is -0.356 e. The molecule has 180 valence electrons. The number of carbonyl (C=O) groups excluding carboxylic acids is 1. The number of aromatic nitrogens is 5. The van der Waals surface area contributed by atoms with Crippen LogP contribution in [0.4, 0.5) is 11.5 Å². The summed E-state index contributed by atoms with van der Waals surface area (Å²) in [5, 5.41) is 4.08. The Labute approximate surface area is 212 Å². The minimum absolute atomic E-state index is 0.0246. The number of amides is 1. The molecule has 1 amide bonds. The first-order valence-corrected chi connectivity index (χ1v) is 12.8. The largest absolute Gasteiger partial charge is 0.356 e. The number of nitrogens with one attached hydrogen (secondary N) is 1. The standard InChI is InChI=1S/C27H25N7OS/c1-18-2-7-22-23(14-18)36-27(32-22)20-3-5-21(6-4-20)31-26(35)19-8-11-33(12-9-19)24-15-25(30-16-29-24)34-13-10-28-17-34/h2-7,10,13-17,19H,8-9,11-12H2,1H3,(H,31,35). The van der Waals surface area contributed by atoms with Crippen molar-refractivity contribution in [2.24, 2.45) is 5.92 Å². The fraction of sp³-hybridized carbons (Fsp3) is 0.222. The lowest BCUT2D eigenvalue weighted by Crippen LogP contribution is -2.38. The molecule has 1 aliphatic rings. The molecule has 0 spiro atoms. The monoisotopic (exact) mass is 495 g/mol. The van der Waals surface area contributed by atoms with Gasteiger partial charge in [0.15, 0.2) is 0 Å². The van der Waals surface area contributed by atoms with Gasteiger partial charge in [-0.2, -0.15) is 0 Å². The van der Waals surface area contributed by atoms with Gasteiger partial charge in [0, 0.05) is 48.7 Å². The molecule has 3 aromatic heterocycles. The van der Waals surface area contributed by atoms with Gasteiger partial charge in [-0.25, -0.2) is 19.9 Å². The fourth-order valence-corrected chi connectivity index (χ4v) is 5.58. The van der Waals surface area contributed by atoms with E-state index in [1.807, 2.05) is 41.1 Å². The Morgan fingerprint density at radius 3 is 2.61 bits per heavy atom. The third-order valence-electron chi connectivity index (χ3n) is 6.54. The second-order valence-electron chi connectivity index (χ2n) is 9.02. The van der Waals surface area contributed by atoms with Crippen molar-refractivity contribution in [3.05, 3.63) is 79.1 Å². The van der Waals surface area contributed by atoms with Crippen molar-refractivity contribution < 1.29 is 4.79 Å². The average Bonchev–Trinajstić information content (AvgIpc) is 3.60. The van der Waals surface area contributed by atoms with Crippen molar-refractivity contribution in [2.75, 3.05) is 23.3 Å². The van der Waals surface area contributed by atoms with Gasteiger partial charge in [-0.15, -0.1) is 11.3 Å². The van der Waals surface area contributed by atoms with Crippen LogP contribution in [0.3, 0.4) is 0 Å². The van der Waals surface area contributed by atoms with Crippen LogP contribution in [0.1, 0.15) is 18.4 Å². The fourth-order valence-electron chi connectivity index (χ4n) is 4.51. The van der Waals surface area contributed by atoms with Gasteiger partial charge in [0.1, 0.15) is 29.3 Å². The Bertz CT molecular complexity index is 1500. The Hall–Kier alpha value is -4.11. The van der Waals surface area contributed by atoms with Crippen LogP contribution < -0.4 is 10.2 Å². The van der Waals surface area contributed by atoms with Crippen LogP contribution in [0, 0.1) is 12.8 Å². The molecule has 8 nitrogen and oxygen atoms in total. The first-order chi connectivity index (χ1) is 17.6. The van der Waals surface area contributed by atoms with E-state index in [2.05, 4.69) is 50.3 Å². The zero-order valence-electron chi connectivity index (χ0n) is 19.8. The maximum absolute atomic E-state index is 12.9. The minimum atomic E-state index is -0.0246. The lowest BCUT2D eigenvalue weighted by molar-refractivity contribution is -0.120. The van der Waals surface area contributed by atoms with E-state index >= 15 is 0 Å². The summed E-state index contributed by atoms with van der Waals surface area (Å²) in [6, 6.07) is 16.2. The number of thiazole rings is 1. The molecule has 0 aliphatic carbocycles. The van der Waals surface area contributed by atoms with Crippen molar-refractivity contribution in [3.8, 4) is 16.4 Å². The molecule has 0 radical (unpaired) electrons. The molecule has 6 rings (SSSR count). The normalized spacial score (nSPS) is 14.3. The molecule has 9 heteroatoms. The first-order valence-electron chi connectivity index (χ1n) is 12.0. The van der Waals surface area contributed by atoms with E-state index in [0.717, 1.165) is 59.3 Å². The summed E-state index contributed by atoms with van der Waals surface area (Å²) >= 11 is 1.69. The Morgan fingerprint density at radius 2 is 1.83 bits per heavy atom. The van der Waals surface area contributed by atoms with Crippen LogP contribution in [0.15, 0.2) is 73.6 Å². The third-order valence-corrected chi connectivity index (χ3v) is 7.61. The van der Waals surface area contributed by atoms with Crippen molar-refractivity contribution in [3.63, 3.8) is 0 Å². The van der Waals surface area contributed by atoms with Crippen LogP contribution in [0.25, 0.3) is 26.6 Å². The number of nitrogens with zero attached hydrogens (tertiary/aromatic N) is 6. The maximum atomic E-state index is 12.9. The molecule has 4 heterocycles. The van der Waals surface area contributed by atoms with E-state index in [0.29, 0.717) is 0 Å². The highest BCUT2D eigenvalue weighted by atomic mass is 32.1. The predicted molar refractivity (Wildman–Crippen MR) is 143 cm³/mol. The van der Waals surface area contributed by atoms with E-state index in [-0.39, 0.29) is 11.8 Å². The molecule has 0 bridgehead atoms. The molecule has 1 N–H and O–H groups in total. The summed E-state index contributed by atoms with van der Waals surface area (Å²) in [4.78, 5) is 32.8. The van der Waals surface area contributed by atoms with Crippen molar-refractivity contribution >= 4 is 39.0 Å². The third kappa shape index (κ3) is 4.57. The Morgan fingerprint density at radius 1 is 1.03 bits per heavy atom. The van der Waals surface area contributed by atoms with Gasteiger partial charge >= 0.3 is 0 Å². The van der Waals surface area contributed by atoms with Gasteiger partial charge in [-0.1, -0.05) is 6.07 Å². The molecular weight excluding hydrogens is 470 g/mol. The number of hydrogen-bond acceptors (Lipinski definition) is 7. The molecule has 0 atom stereocenters. The lowest BCUT2D eigenvalue weighted by Gasteiger charge is -2.32. The van der Waals surface area contributed by atoms with E-state index in [4.69, 9.17) is 4.98 Å². The van der Waals surface area contributed by atoms with Crippen LogP contribution >= 0.6 is 11.3 Å². The van der Waals surface area contributed by atoms with Gasteiger partial charge in [0.05, 0.1) is 10.2 Å². The quantitative estimate of drug-likeness (QED) is 0.365. The average molecular weight is 496 g/mol. The zero-order chi connectivity index (χ0) is 24.5. The van der Waals surface area contributed by atoms with Crippen LogP contribution in [0.5, 0.6) is 0 Å². The number of rotatable bonds is 5. The van der Waals surface area contributed by atoms with Gasteiger partial charge in [-0.05, 0) is 61.7 Å². The van der Waals surface area contributed by atoms with Crippen molar-refractivity contribution in [2.45, 2.75) is 19.8 Å². The summed E-state index contributed by atoms with van der Waals surface area (Å²) in [5.74, 6) is 1.69. The molecule has 0 saturated carbocycles. The summed E-state index contributed by atoms with van der Waals surface area (Å²) in [6.07, 6.45) is 8.42. The second-order valence-corrected chi connectivity index (χ2v) is 10.1. The maximum Gasteiger partial charge on any atom is 0.227 e. The molecule has 5 aromatic rings. The van der Waals surface area contributed by atoms with E-state index < -0.39 is 0 Å². The number of benzene rings is 2. The van der Waals surface area contributed by atoms with E-state index in [9.17, 15) is 4.79 Å². The molecule has 0 unspecified atom stereocenters. The van der Waals surface area contributed by atoms with Crippen LogP contribution in [-0.2, 0) is 4.79 Å². The molecule has 1 fully saturated rings.